The van der Waals surface area contributed by atoms with Crippen LogP contribution < -0.4 is 5.32 Å². The van der Waals surface area contributed by atoms with Crippen molar-refractivity contribution in [1.29, 1.82) is 0 Å². The van der Waals surface area contributed by atoms with Crippen molar-refractivity contribution in [3.63, 3.8) is 0 Å². The van der Waals surface area contributed by atoms with Gasteiger partial charge in [0, 0.05) is 16.8 Å². The molecule has 2 aromatic carbocycles. The van der Waals surface area contributed by atoms with E-state index in [0.717, 1.165) is 18.5 Å². The van der Waals surface area contributed by atoms with Gasteiger partial charge in [-0.25, -0.2) is 4.79 Å². The van der Waals surface area contributed by atoms with Gasteiger partial charge in [0.05, 0.1) is 5.69 Å². The second-order valence-electron chi connectivity index (χ2n) is 6.39. The van der Waals surface area contributed by atoms with E-state index in [1.807, 2.05) is 13.0 Å². The molecule has 0 unspecified atom stereocenters. The molecule has 3 aromatic rings. The van der Waals surface area contributed by atoms with E-state index in [9.17, 15) is 14.4 Å². The zero-order valence-electron chi connectivity index (χ0n) is 16.0. The average molecular weight is 391 g/mol. The summed E-state index contributed by atoms with van der Waals surface area (Å²) in [5.74, 6) is -1.44. The molecule has 3 rings (SSSR count). The number of carbonyl (C=O) groups excluding carboxylic acids is 3. The molecule has 0 aliphatic heterocycles. The van der Waals surface area contributed by atoms with Crippen LogP contribution in [-0.2, 0) is 16.0 Å². The van der Waals surface area contributed by atoms with Gasteiger partial charge in [-0.05, 0) is 24.6 Å². The van der Waals surface area contributed by atoms with Crippen molar-refractivity contribution in [2.75, 3.05) is 11.9 Å². The number of carbonyl (C=O) groups is 3. The molecule has 0 atom stereocenters. The highest BCUT2D eigenvalue weighted by Crippen LogP contribution is 2.19. The number of hydrogen-bond donors (Lipinski definition) is 2. The van der Waals surface area contributed by atoms with Crippen molar-refractivity contribution in [2.24, 2.45) is 0 Å². The van der Waals surface area contributed by atoms with Crippen LogP contribution in [0.1, 0.15) is 45.4 Å². The second kappa shape index (κ2) is 9.45. The predicted octanol–water partition coefficient (Wildman–Crippen LogP) is 3.39. The Bertz CT molecular complexity index is 1010. The van der Waals surface area contributed by atoms with E-state index >= 15 is 0 Å². The maximum atomic E-state index is 12.7. The first kappa shape index (κ1) is 20.0. The van der Waals surface area contributed by atoms with Gasteiger partial charge in [0.2, 0.25) is 0 Å². The van der Waals surface area contributed by atoms with E-state index in [-0.39, 0.29) is 11.5 Å². The molecule has 148 valence electrons. The number of anilines is 1. The minimum absolute atomic E-state index is 0.126. The maximum absolute atomic E-state index is 12.7. The van der Waals surface area contributed by atoms with Gasteiger partial charge in [0.15, 0.2) is 18.1 Å². The first-order valence-corrected chi connectivity index (χ1v) is 9.28. The van der Waals surface area contributed by atoms with E-state index in [4.69, 9.17) is 4.74 Å². The smallest absolute Gasteiger partial charge is 0.359 e. The molecular formula is C22H21N3O4. The van der Waals surface area contributed by atoms with Gasteiger partial charge in [-0.15, -0.1) is 0 Å². The molecule has 0 aliphatic carbocycles. The molecule has 7 heteroatoms. The fourth-order valence-corrected chi connectivity index (χ4v) is 2.79. The number of H-pyrrole nitrogens is 1. The Kier molecular flexibility index (Phi) is 6.52. The third-order valence-corrected chi connectivity index (χ3v) is 4.18. The molecule has 2 N–H and O–H groups in total. The number of ketones is 1. The molecule has 1 aromatic heterocycles. The molecule has 7 nitrogen and oxygen atoms in total. The van der Waals surface area contributed by atoms with Gasteiger partial charge in [-0.2, -0.15) is 5.10 Å². The molecule has 0 fully saturated rings. The van der Waals surface area contributed by atoms with E-state index < -0.39 is 18.5 Å². The van der Waals surface area contributed by atoms with Crippen LogP contribution in [0.4, 0.5) is 5.69 Å². The second-order valence-corrected chi connectivity index (χ2v) is 6.39. The lowest BCUT2D eigenvalue weighted by Crippen LogP contribution is -2.22. The number of amides is 1. The highest BCUT2D eigenvalue weighted by molar-refractivity contribution is 6.13. The number of nitrogens with zero attached hydrogens (tertiary/aromatic N) is 1. The van der Waals surface area contributed by atoms with Crippen LogP contribution in [-0.4, -0.2) is 34.5 Å². The maximum Gasteiger partial charge on any atom is 0.359 e. The van der Waals surface area contributed by atoms with E-state index in [0.29, 0.717) is 16.8 Å². The topological polar surface area (TPSA) is 101 Å². The number of hydrogen-bond acceptors (Lipinski definition) is 5. The Morgan fingerprint density at radius 2 is 1.76 bits per heavy atom. The van der Waals surface area contributed by atoms with Crippen LogP contribution in [0.25, 0.3) is 0 Å². The zero-order valence-corrected chi connectivity index (χ0v) is 16.0. The Hall–Kier alpha value is -3.74. The fourth-order valence-electron chi connectivity index (χ4n) is 2.79. The monoisotopic (exact) mass is 391 g/mol. The summed E-state index contributed by atoms with van der Waals surface area (Å²) in [6.07, 6.45) is 1.69. The molecule has 29 heavy (non-hydrogen) atoms. The minimum Gasteiger partial charge on any atom is -0.451 e. The number of benzene rings is 2. The van der Waals surface area contributed by atoms with Crippen LogP contribution in [0.5, 0.6) is 0 Å². The SMILES string of the molecule is CCCc1cc(C(=O)OCC(=O)Nc2ccccc2C(=O)c2ccccc2)n[nH]1. The van der Waals surface area contributed by atoms with Crippen molar-refractivity contribution in [3.8, 4) is 0 Å². The number of ether oxygens (including phenoxy) is 1. The van der Waals surface area contributed by atoms with Gasteiger partial charge < -0.3 is 10.1 Å². The summed E-state index contributed by atoms with van der Waals surface area (Å²) in [4.78, 5) is 37.0. The molecule has 0 bridgehead atoms. The summed E-state index contributed by atoms with van der Waals surface area (Å²) in [6, 6.07) is 17.1. The third-order valence-electron chi connectivity index (χ3n) is 4.18. The summed E-state index contributed by atoms with van der Waals surface area (Å²) in [7, 11) is 0. The lowest BCUT2D eigenvalue weighted by Gasteiger charge is -2.10. The number of aromatic amines is 1. The molecular weight excluding hydrogens is 370 g/mol. The molecule has 1 amide bonds. The van der Waals surface area contributed by atoms with Gasteiger partial charge in [0.1, 0.15) is 0 Å². The number of nitrogens with one attached hydrogen (secondary N) is 2. The summed E-state index contributed by atoms with van der Waals surface area (Å²) in [5, 5.41) is 9.28. The highest BCUT2D eigenvalue weighted by atomic mass is 16.5. The normalized spacial score (nSPS) is 10.4. The standard InChI is InChI=1S/C22H21N3O4/c1-2-8-16-13-19(25-24-16)22(28)29-14-20(26)23-18-12-7-6-11-17(18)21(27)15-9-4-3-5-10-15/h3-7,9-13H,2,8,14H2,1H3,(H,23,26)(H,24,25). The number of para-hydroxylation sites is 1. The van der Waals surface area contributed by atoms with Gasteiger partial charge in [-0.3, -0.25) is 14.7 Å². The molecule has 0 radical (unpaired) electrons. The number of aryl methyl sites for hydroxylation is 1. The quantitative estimate of drug-likeness (QED) is 0.453. The molecule has 0 spiro atoms. The van der Waals surface area contributed by atoms with Crippen molar-refractivity contribution >= 4 is 23.3 Å². The average Bonchev–Trinajstić information content (AvgIpc) is 3.22. The van der Waals surface area contributed by atoms with Crippen LogP contribution in [0.3, 0.4) is 0 Å². The molecule has 0 saturated carbocycles. The Morgan fingerprint density at radius 3 is 2.52 bits per heavy atom. The summed E-state index contributed by atoms with van der Waals surface area (Å²) in [6.45, 7) is 1.53. The van der Waals surface area contributed by atoms with Crippen LogP contribution in [0.2, 0.25) is 0 Å². The minimum atomic E-state index is -0.688. The number of aromatic nitrogens is 2. The molecule has 0 aliphatic rings. The van der Waals surface area contributed by atoms with Gasteiger partial charge >= 0.3 is 5.97 Å². The van der Waals surface area contributed by atoms with Crippen molar-refractivity contribution in [1.82, 2.24) is 10.2 Å². The van der Waals surface area contributed by atoms with Crippen LogP contribution in [0, 0.1) is 0 Å². The lowest BCUT2D eigenvalue weighted by molar-refractivity contribution is -0.119. The van der Waals surface area contributed by atoms with Gasteiger partial charge in [-0.1, -0.05) is 55.8 Å². The predicted molar refractivity (Wildman–Crippen MR) is 108 cm³/mol. The summed E-state index contributed by atoms with van der Waals surface area (Å²) in [5.41, 5.74) is 2.18. The van der Waals surface area contributed by atoms with Gasteiger partial charge in [0.25, 0.3) is 5.91 Å². The highest BCUT2D eigenvalue weighted by Gasteiger charge is 2.17. The Morgan fingerprint density at radius 1 is 1.03 bits per heavy atom. The Balaban J connectivity index is 1.62. The number of rotatable bonds is 8. The molecule has 0 saturated heterocycles. The lowest BCUT2D eigenvalue weighted by atomic mass is 10.0. The third kappa shape index (κ3) is 5.16. The van der Waals surface area contributed by atoms with E-state index in [2.05, 4.69) is 15.5 Å². The first-order valence-electron chi connectivity index (χ1n) is 9.28. The fraction of sp³-hybridized carbons (Fsp3) is 0.182. The number of esters is 1. The van der Waals surface area contributed by atoms with Crippen LogP contribution in [0.15, 0.2) is 60.7 Å². The zero-order chi connectivity index (χ0) is 20.6. The van der Waals surface area contributed by atoms with E-state index in [1.165, 1.54) is 0 Å². The summed E-state index contributed by atoms with van der Waals surface area (Å²) < 4.78 is 5.02. The first-order chi connectivity index (χ1) is 14.1. The van der Waals surface area contributed by atoms with Crippen molar-refractivity contribution in [2.45, 2.75) is 19.8 Å². The summed E-state index contributed by atoms with van der Waals surface area (Å²) >= 11 is 0. The largest absolute Gasteiger partial charge is 0.451 e. The van der Waals surface area contributed by atoms with Crippen LogP contribution >= 0.6 is 0 Å². The molecule has 1 heterocycles. The van der Waals surface area contributed by atoms with Crippen molar-refractivity contribution < 1.29 is 19.1 Å². The van der Waals surface area contributed by atoms with Crippen molar-refractivity contribution in [3.05, 3.63) is 83.2 Å². The Labute approximate surface area is 168 Å². The van der Waals surface area contributed by atoms with E-state index in [1.54, 1.807) is 54.6 Å².